The van der Waals surface area contributed by atoms with Gasteiger partial charge in [0.15, 0.2) is 0 Å². The molecule has 1 fully saturated rings. The number of hydrogen-bond acceptors (Lipinski definition) is 3. The van der Waals surface area contributed by atoms with E-state index >= 15 is 0 Å². The first-order chi connectivity index (χ1) is 6.86. The van der Waals surface area contributed by atoms with E-state index in [0.717, 1.165) is 6.54 Å². The normalized spacial score (nSPS) is 26.6. The zero-order valence-corrected chi connectivity index (χ0v) is 8.02. The summed E-state index contributed by atoms with van der Waals surface area (Å²) in [7, 11) is 0. The van der Waals surface area contributed by atoms with Crippen molar-refractivity contribution in [1.82, 2.24) is 5.32 Å². The molecular weight excluding hydrogens is 178 g/mol. The van der Waals surface area contributed by atoms with E-state index in [2.05, 4.69) is 17.4 Å². The maximum Gasteiger partial charge on any atom is 0.0948 e. The Bertz CT molecular complexity index is 276. The quantitative estimate of drug-likeness (QED) is 0.736. The van der Waals surface area contributed by atoms with E-state index in [1.807, 2.05) is 18.2 Å². The van der Waals surface area contributed by atoms with Gasteiger partial charge in [-0.2, -0.15) is 0 Å². The summed E-state index contributed by atoms with van der Waals surface area (Å²) in [5.74, 6) is 0. The van der Waals surface area contributed by atoms with Gasteiger partial charge in [0, 0.05) is 6.54 Å². The smallest absolute Gasteiger partial charge is 0.0948 e. The first-order valence-corrected chi connectivity index (χ1v) is 4.89. The molecule has 0 amide bonds. The number of ether oxygens (including phenoxy) is 1. The third-order valence-corrected chi connectivity index (χ3v) is 2.46. The molecule has 0 spiro atoms. The molecule has 1 aliphatic heterocycles. The Hall–Kier alpha value is -0.900. The average molecular weight is 193 g/mol. The highest BCUT2D eigenvalue weighted by atomic mass is 16.5. The predicted octanol–water partition coefficient (Wildman–Crippen LogP) is 0.536. The van der Waals surface area contributed by atoms with Gasteiger partial charge in [-0.25, -0.2) is 0 Å². The molecule has 1 aromatic rings. The SMILES string of the molecule is O[C@H]1COC[C@@H]1NCc1ccccc1. The lowest BCUT2D eigenvalue weighted by atomic mass is 10.2. The topological polar surface area (TPSA) is 41.5 Å². The number of nitrogens with one attached hydrogen (secondary N) is 1. The molecule has 2 atom stereocenters. The van der Waals surface area contributed by atoms with E-state index in [-0.39, 0.29) is 12.1 Å². The van der Waals surface area contributed by atoms with Crippen LogP contribution in [0.4, 0.5) is 0 Å². The highest BCUT2D eigenvalue weighted by Gasteiger charge is 2.25. The molecule has 3 heteroatoms. The number of hydrogen-bond donors (Lipinski definition) is 2. The summed E-state index contributed by atoms with van der Waals surface area (Å²) >= 11 is 0. The van der Waals surface area contributed by atoms with E-state index in [1.165, 1.54) is 5.56 Å². The molecule has 1 saturated heterocycles. The molecule has 76 valence electrons. The molecule has 3 nitrogen and oxygen atoms in total. The van der Waals surface area contributed by atoms with Crippen LogP contribution >= 0.6 is 0 Å². The van der Waals surface area contributed by atoms with Gasteiger partial charge in [0.05, 0.1) is 25.4 Å². The first kappa shape index (κ1) is 9.65. The van der Waals surface area contributed by atoms with E-state index in [0.29, 0.717) is 13.2 Å². The van der Waals surface area contributed by atoms with Crippen LogP contribution in [0.25, 0.3) is 0 Å². The van der Waals surface area contributed by atoms with Crippen molar-refractivity contribution in [2.24, 2.45) is 0 Å². The highest BCUT2D eigenvalue weighted by molar-refractivity contribution is 5.14. The van der Waals surface area contributed by atoms with Crippen molar-refractivity contribution in [3.63, 3.8) is 0 Å². The van der Waals surface area contributed by atoms with Crippen LogP contribution in [0.3, 0.4) is 0 Å². The zero-order valence-electron chi connectivity index (χ0n) is 8.02. The molecule has 2 rings (SSSR count). The van der Waals surface area contributed by atoms with Gasteiger partial charge in [0.25, 0.3) is 0 Å². The molecule has 1 heterocycles. The molecular formula is C11H15NO2. The van der Waals surface area contributed by atoms with Gasteiger partial charge >= 0.3 is 0 Å². The molecule has 0 unspecified atom stereocenters. The number of aliphatic hydroxyl groups excluding tert-OH is 1. The number of benzene rings is 1. The standard InChI is InChI=1S/C11H15NO2/c13-11-8-14-7-10(11)12-6-9-4-2-1-3-5-9/h1-5,10-13H,6-8H2/t10-,11-/m0/s1. The van der Waals surface area contributed by atoms with Crippen molar-refractivity contribution >= 4 is 0 Å². The Labute approximate surface area is 83.7 Å². The lowest BCUT2D eigenvalue weighted by Gasteiger charge is -2.14. The summed E-state index contributed by atoms with van der Waals surface area (Å²) in [6.07, 6.45) is -0.362. The third kappa shape index (κ3) is 2.32. The van der Waals surface area contributed by atoms with Gasteiger partial charge in [0.2, 0.25) is 0 Å². The predicted molar refractivity (Wildman–Crippen MR) is 53.9 cm³/mol. The van der Waals surface area contributed by atoms with Crippen LogP contribution in [0.5, 0.6) is 0 Å². The summed E-state index contributed by atoms with van der Waals surface area (Å²) in [5.41, 5.74) is 1.23. The number of rotatable bonds is 3. The van der Waals surface area contributed by atoms with Crippen LogP contribution in [0.2, 0.25) is 0 Å². The van der Waals surface area contributed by atoms with E-state index < -0.39 is 0 Å². The van der Waals surface area contributed by atoms with Crippen molar-refractivity contribution in [3.05, 3.63) is 35.9 Å². The van der Waals surface area contributed by atoms with Crippen LogP contribution in [-0.4, -0.2) is 30.5 Å². The van der Waals surface area contributed by atoms with Gasteiger partial charge in [-0.1, -0.05) is 30.3 Å². The van der Waals surface area contributed by atoms with Crippen molar-refractivity contribution in [3.8, 4) is 0 Å². The van der Waals surface area contributed by atoms with Crippen molar-refractivity contribution in [2.75, 3.05) is 13.2 Å². The maximum absolute atomic E-state index is 9.48. The molecule has 0 bridgehead atoms. The zero-order chi connectivity index (χ0) is 9.80. The van der Waals surface area contributed by atoms with Gasteiger partial charge in [-0.3, -0.25) is 0 Å². The van der Waals surface area contributed by atoms with Crippen LogP contribution < -0.4 is 5.32 Å². The Morgan fingerprint density at radius 3 is 2.71 bits per heavy atom. The fraction of sp³-hybridized carbons (Fsp3) is 0.455. The second-order valence-electron chi connectivity index (χ2n) is 3.58. The average Bonchev–Trinajstić information content (AvgIpc) is 2.63. The van der Waals surface area contributed by atoms with Gasteiger partial charge in [0.1, 0.15) is 0 Å². The second kappa shape index (κ2) is 4.55. The van der Waals surface area contributed by atoms with Crippen LogP contribution in [0.1, 0.15) is 5.56 Å². The van der Waals surface area contributed by atoms with E-state index in [9.17, 15) is 5.11 Å². The lowest BCUT2D eigenvalue weighted by molar-refractivity contribution is 0.122. The Morgan fingerprint density at radius 1 is 1.29 bits per heavy atom. The van der Waals surface area contributed by atoms with E-state index in [4.69, 9.17) is 4.74 Å². The summed E-state index contributed by atoms with van der Waals surface area (Å²) in [6.45, 7) is 1.84. The summed E-state index contributed by atoms with van der Waals surface area (Å²) in [4.78, 5) is 0. The van der Waals surface area contributed by atoms with Gasteiger partial charge in [-0.05, 0) is 5.56 Å². The van der Waals surface area contributed by atoms with Gasteiger partial charge in [-0.15, -0.1) is 0 Å². The number of aliphatic hydroxyl groups is 1. The van der Waals surface area contributed by atoms with Crippen molar-refractivity contribution in [2.45, 2.75) is 18.7 Å². The van der Waals surface area contributed by atoms with Gasteiger partial charge < -0.3 is 15.2 Å². The largest absolute Gasteiger partial charge is 0.389 e. The molecule has 0 saturated carbocycles. The van der Waals surface area contributed by atoms with Crippen LogP contribution in [0, 0.1) is 0 Å². The summed E-state index contributed by atoms with van der Waals surface area (Å²) in [5, 5.41) is 12.8. The van der Waals surface area contributed by atoms with E-state index in [1.54, 1.807) is 0 Å². The molecule has 0 radical (unpaired) electrons. The van der Waals surface area contributed by atoms with Crippen molar-refractivity contribution < 1.29 is 9.84 Å². The summed E-state index contributed by atoms with van der Waals surface area (Å²) in [6, 6.07) is 10.2. The fourth-order valence-corrected chi connectivity index (χ4v) is 1.58. The summed E-state index contributed by atoms with van der Waals surface area (Å²) < 4.78 is 5.15. The Morgan fingerprint density at radius 2 is 2.07 bits per heavy atom. The fourth-order valence-electron chi connectivity index (χ4n) is 1.58. The molecule has 2 N–H and O–H groups in total. The van der Waals surface area contributed by atoms with Crippen LogP contribution in [-0.2, 0) is 11.3 Å². The molecule has 14 heavy (non-hydrogen) atoms. The lowest BCUT2D eigenvalue weighted by Crippen LogP contribution is -2.38. The Kier molecular flexibility index (Phi) is 3.14. The second-order valence-corrected chi connectivity index (χ2v) is 3.58. The van der Waals surface area contributed by atoms with Crippen molar-refractivity contribution in [1.29, 1.82) is 0 Å². The minimum Gasteiger partial charge on any atom is -0.389 e. The molecule has 0 aromatic heterocycles. The molecule has 1 aliphatic rings. The molecule has 1 aromatic carbocycles. The highest BCUT2D eigenvalue weighted by Crippen LogP contribution is 2.06. The minimum absolute atomic E-state index is 0.0789. The molecule has 0 aliphatic carbocycles. The third-order valence-electron chi connectivity index (χ3n) is 2.46. The Balaban J connectivity index is 1.82. The first-order valence-electron chi connectivity index (χ1n) is 4.89. The minimum atomic E-state index is -0.362. The maximum atomic E-state index is 9.48. The van der Waals surface area contributed by atoms with Crippen LogP contribution in [0.15, 0.2) is 30.3 Å². The monoisotopic (exact) mass is 193 g/mol.